The maximum absolute atomic E-state index is 10.5. The molecule has 0 radical (unpaired) electrons. The molecule has 3 rings (SSSR count). The highest BCUT2D eigenvalue weighted by atomic mass is 79.9. The SMILES string of the molecule is CC(C)(C)OC(=O)CN.N.N=NC(=N)C1CC(Br)=NO1.N=NC(=N)C1CC(Br)=NO1.NC(=O)C1CC(Br)=NO1. The number of rotatable bonds is 4. The Labute approximate surface area is 249 Å². The molecule has 3 aliphatic heterocycles. The van der Waals surface area contributed by atoms with Crippen LogP contribution in [0.5, 0.6) is 0 Å². The maximum Gasteiger partial charge on any atom is 0.320 e. The van der Waals surface area contributed by atoms with Crippen LogP contribution in [-0.2, 0) is 28.8 Å². The van der Waals surface area contributed by atoms with Crippen molar-refractivity contribution in [2.24, 2.45) is 37.2 Å². The van der Waals surface area contributed by atoms with Crippen molar-refractivity contribution in [2.45, 2.75) is 63.9 Å². The van der Waals surface area contributed by atoms with Crippen LogP contribution in [0.4, 0.5) is 0 Å². The molecule has 0 saturated heterocycles. The molecule has 0 saturated carbocycles. The monoisotopic (exact) mass is 748 g/mol. The molecule has 1 amide bonds. The second kappa shape index (κ2) is 19.3. The highest BCUT2D eigenvalue weighted by Gasteiger charge is 2.25. The fourth-order valence-corrected chi connectivity index (χ4v) is 3.15. The number of nitrogens with zero attached hydrogens (tertiary/aromatic N) is 5. The standard InChI is InChI=1S/C6H13NO2.2C4H5BrN4O.C4H5BrN2O2.H3N/c1-6(2,3)9-5(8)4-7;2*5-3-1-2(10-9-3)4(6)8-7;5-3-1-2(4(6)8)9-7-3;/h4,7H2,1-3H3;2*2,6-7H,1H2;2H,1H2,(H2,6,8);1H3. The lowest BCUT2D eigenvalue weighted by Gasteiger charge is -2.18. The van der Waals surface area contributed by atoms with E-state index in [0.717, 1.165) is 0 Å². The molecule has 21 heteroatoms. The van der Waals surface area contributed by atoms with Gasteiger partial charge >= 0.3 is 5.97 Å². The number of primary amides is 1. The zero-order valence-corrected chi connectivity index (χ0v) is 26.0. The number of nitrogens with one attached hydrogen (secondary N) is 4. The number of hydrogen-bond donors (Lipinski definition) is 7. The first-order valence-corrected chi connectivity index (χ1v) is 12.8. The van der Waals surface area contributed by atoms with Crippen molar-refractivity contribution in [1.29, 1.82) is 21.9 Å². The van der Waals surface area contributed by atoms with E-state index >= 15 is 0 Å². The first kappa shape index (κ1) is 38.4. The molecular formula is C18H31Br3N12O6. The summed E-state index contributed by atoms with van der Waals surface area (Å²) in [7, 11) is 0. The van der Waals surface area contributed by atoms with Crippen molar-refractivity contribution in [2.75, 3.05) is 6.54 Å². The summed E-state index contributed by atoms with van der Waals surface area (Å²) in [6.45, 7) is 5.37. The summed E-state index contributed by atoms with van der Waals surface area (Å²) >= 11 is 9.27. The van der Waals surface area contributed by atoms with Crippen molar-refractivity contribution in [3.63, 3.8) is 0 Å². The Bertz CT molecular complexity index is 941. The lowest BCUT2D eigenvalue weighted by Crippen LogP contribution is -2.28. The minimum Gasteiger partial charge on any atom is -0.459 e. The number of halogens is 3. The van der Waals surface area contributed by atoms with E-state index in [1.165, 1.54) is 0 Å². The Balaban J connectivity index is 0. The Hall–Kier alpha value is -2.75. The Morgan fingerprint density at radius 1 is 0.897 bits per heavy atom. The van der Waals surface area contributed by atoms with Crippen LogP contribution >= 0.6 is 47.8 Å². The fraction of sp³-hybridized carbons (Fsp3) is 0.611. The summed E-state index contributed by atoms with van der Waals surface area (Å²) in [5.41, 5.74) is 22.5. The van der Waals surface area contributed by atoms with Crippen molar-refractivity contribution >= 4 is 85.2 Å². The molecule has 3 atom stereocenters. The number of amidine groups is 2. The van der Waals surface area contributed by atoms with E-state index in [-0.39, 0.29) is 30.3 Å². The summed E-state index contributed by atoms with van der Waals surface area (Å²) in [4.78, 5) is 34.9. The van der Waals surface area contributed by atoms with Gasteiger partial charge in [0.15, 0.2) is 23.9 Å². The van der Waals surface area contributed by atoms with Crippen LogP contribution in [0, 0.1) is 21.9 Å². The Morgan fingerprint density at radius 3 is 1.38 bits per heavy atom. The number of carbonyl (C=O) groups excluding carboxylic acids is 2. The number of amides is 1. The summed E-state index contributed by atoms with van der Waals surface area (Å²) in [6.07, 6.45) is -0.0456. The van der Waals surface area contributed by atoms with Gasteiger partial charge in [-0.05, 0) is 68.6 Å². The minimum absolute atomic E-state index is 0. The summed E-state index contributed by atoms with van der Waals surface area (Å²) < 4.78 is 6.77. The average Bonchev–Trinajstić information content (AvgIpc) is 3.59. The van der Waals surface area contributed by atoms with Gasteiger partial charge in [-0.1, -0.05) is 15.5 Å². The third-order valence-electron chi connectivity index (χ3n) is 3.65. The first-order valence-electron chi connectivity index (χ1n) is 10.4. The fourth-order valence-electron chi connectivity index (χ4n) is 2.02. The third kappa shape index (κ3) is 17.5. The van der Waals surface area contributed by atoms with E-state index in [0.29, 0.717) is 33.1 Å². The highest BCUT2D eigenvalue weighted by Crippen LogP contribution is 2.16. The quantitative estimate of drug-likeness (QED) is 0.0964. The molecule has 0 aromatic heterocycles. The van der Waals surface area contributed by atoms with E-state index in [4.69, 9.17) is 47.8 Å². The van der Waals surface area contributed by atoms with Crippen LogP contribution < -0.4 is 17.6 Å². The first-order chi connectivity index (χ1) is 17.6. The van der Waals surface area contributed by atoms with Crippen molar-refractivity contribution < 1.29 is 28.8 Å². The van der Waals surface area contributed by atoms with Crippen molar-refractivity contribution in [3.05, 3.63) is 0 Å². The van der Waals surface area contributed by atoms with Gasteiger partial charge in [0.2, 0.25) is 6.10 Å². The van der Waals surface area contributed by atoms with Crippen LogP contribution in [0.2, 0.25) is 0 Å². The topological polar surface area (TPSA) is 315 Å². The van der Waals surface area contributed by atoms with Gasteiger partial charge in [-0.3, -0.25) is 20.4 Å². The lowest BCUT2D eigenvalue weighted by molar-refractivity contribution is -0.152. The molecular weight excluding hydrogens is 720 g/mol. The summed E-state index contributed by atoms with van der Waals surface area (Å²) in [5.74, 6) is -1.04. The second-order valence-corrected chi connectivity index (χ2v) is 10.7. The van der Waals surface area contributed by atoms with Gasteiger partial charge in [0.05, 0.1) is 6.54 Å². The molecule has 11 N–H and O–H groups in total. The molecule has 0 aliphatic carbocycles. The number of hydrogen-bond acceptors (Lipinski definition) is 15. The van der Waals surface area contributed by atoms with E-state index in [1.54, 1.807) is 20.8 Å². The van der Waals surface area contributed by atoms with Crippen LogP contribution in [0.3, 0.4) is 0 Å². The van der Waals surface area contributed by atoms with Gasteiger partial charge in [0.25, 0.3) is 5.91 Å². The van der Waals surface area contributed by atoms with Crippen LogP contribution in [0.15, 0.2) is 25.7 Å². The number of carbonyl (C=O) groups is 2. The molecule has 39 heavy (non-hydrogen) atoms. The van der Waals surface area contributed by atoms with Gasteiger partial charge < -0.3 is 36.9 Å². The van der Waals surface area contributed by atoms with Crippen LogP contribution in [0.1, 0.15) is 40.0 Å². The number of ether oxygens (including phenoxy) is 1. The number of oxime groups is 3. The van der Waals surface area contributed by atoms with E-state index in [1.807, 2.05) is 0 Å². The second-order valence-electron chi connectivity index (χ2n) is 7.98. The summed E-state index contributed by atoms with van der Waals surface area (Å²) in [6, 6.07) is 0. The van der Waals surface area contributed by atoms with Gasteiger partial charge in [-0.25, -0.2) is 11.1 Å². The van der Waals surface area contributed by atoms with E-state index in [2.05, 4.69) is 78.3 Å². The van der Waals surface area contributed by atoms with Gasteiger partial charge in [-0.2, -0.15) is 0 Å². The van der Waals surface area contributed by atoms with Gasteiger partial charge in [-0.15, -0.1) is 10.2 Å². The summed E-state index contributed by atoms with van der Waals surface area (Å²) in [5, 5.41) is 30.5. The van der Waals surface area contributed by atoms with Crippen LogP contribution in [-0.4, -0.2) is 67.9 Å². The Kier molecular flexibility index (Phi) is 19.0. The van der Waals surface area contributed by atoms with E-state index < -0.39 is 29.8 Å². The number of nitrogens with two attached hydrogens (primary N) is 2. The molecule has 3 heterocycles. The molecule has 0 aromatic carbocycles. The van der Waals surface area contributed by atoms with Gasteiger partial charge in [0, 0.05) is 19.3 Å². The molecule has 220 valence electrons. The smallest absolute Gasteiger partial charge is 0.320 e. The largest absolute Gasteiger partial charge is 0.459 e. The Morgan fingerprint density at radius 2 is 1.23 bits per heavy atom. The molecule has 3 unspecified atom stereocenters. The molecule has 0 aromatic rings. The molecule has 18 nitrogen and oxygen atoms in total. The number of esters is 1. The minimum atomic E-state index is -0.570. The van der Waals surface area contributed by atoms with Gasteiger partial charge in [0.1, 0.15) is 19.5 Å². The highest BCUT2D eigenvalue weighted by molar-refractivity contribution is 9.18. The van der Waals surface area contributed by atoms with Crippen molar-refractivity contribution in [3.8, 4) is 0 Å². The molecule has 3 aliphatic rings. The zero-order valence-electron chi connectivity index (χ0n) is 21.2. The molecule has 0 spiro atoms. The predicted octanol–water partition coefficient (Wildman–Crippen LogP) is 3.40. The van der Waals surface area contributed by atoms with Crippen LogP contribution in [0.25, 0.3) is 0 Å². The average molecular weight is 751 g/mol. The maximum atomic E-state index is 10.5. The van der Waals surface area contributed by atoms with Crippen molar-refractivity contribution in [1.82, 2.24) is 6.15 Å². The predicted molar refractivity (Wildman–Crippen MR) is 152 cm³/mol. The normalized spacial score (nSPS) is 20.3. The van der Waals surface area contributed by atoms with E-state index in [9.17, 15) is 9.59 Å². The lowest BCUT2D eigenvalue weighted by atomic mass is 10.2. The molecule has 0 bridgehead atoms. The molecule has 0 fully saturated rings. The zero-order chi connectivity index (χ0) is 29.5. The third-order valence-corrected chi connectivity index (χ3v) is 5.06.